The molecule has 3 rings (SSSR count). The zero-order valence-electron chi connectivity index (χ0n) is 17.5. The third-order valence-corrected chi connectivity index (χ3v) is 5.85. The van der Waals surface area contributed by atoms with Crippen molar-refractivity contribution in [2.45, 2.75) is 65.5 Å². The standard InChI is InChI=1S/C21H36N4O2/c1-5-6-9-23(4)17-7-8-19-18(14-17)20(22-25(19)15-16(2)3)21(26)24-10-12-27-13-11-24/h16-17H,5-15H2,1-4H3/t17-/m0/s1. The Morgan fingerprint density at radius 3 is 2.74 bits per heavy atom. The van der Waals surface area contributed by atoms with Crippen LogP contribution in [0.2, 0.25) is 0 Å². The molecule has 1 saturated heterocycles. The number of ether oxygens (including phenoxy) is 1. The summed E-state index contributed by atoms with van der Waals surface area (Å²) in [5.74, 6) is 0.610. The Morgan fingerprint density at radius 1 is 1.33 bits per heavy atom. The van der Waals surface area contributed by atoms with E-state index in [1.165, 1.54) is 24.1 Å². The smallest absolute Gasteiger partial charge is 0.274 e. The van der Waals surface area contributed by atoms with Crippen molar-refractivity contribution in [3.05, 3.63) is 17.0 Å². The highest BCUT2D eigenvalue weighted by Gasteiger charge is 2.32. The van der Waals surface area contributed by atoms with Crippen molar-refractivity contribution in [2.24, 2.45) is 5.92 Å². The topological polar surface area (TPSA) is 50.6 Å². The normalized spacial score (nSPS) is 20.4. The molecule has 0 unspecified atom stereocenters. The number of unbranched alkanes of at least 4 members (excludes halogenated alkanes) is 1. The molecule has 2 heterocycles. The van der Waals surface area contributed by atoms with Crippen LogP contribution in [0.15, 0.2) is 0 Å². The molecule has 1 aromatic heterocycles. The van der Waals surface area contributed by atoms with Gasteiger partial charge in [0.25, 0.3) is 5.91 Å². The number of fused-ring (bicyclic) bond motifs is 1. The Bertz CT molecular complexity index is 634. The average Bonchev–Trinajstić information content (AvgIpc) is 3.03. The van der Waals surface area contributed by atoms with E-state index in [0.29, 0.717) is 44.0 Å². The molecule has 0 N–H and O–H groups in total. The number of aromatic nitrogens is 2. The van der Waals surface area contributed by atoms with Crippen LogP contribution in [0.1, 0.15) is 61.8 Å². The Kier molecular flexibility index (Phi) is 6.93. The summed E-state index contributed by atoms with van der Waals surface area (Å²) in [6.07, 6.45) is 5.56. The van der Waals surface area contributed by atoms with Crippen LogP contribution in [0.4, 0.5) is 0 Å². The van der Waals surface area contributed by atoms with Crippen molar-refractivity contribution in [3.8, 4) is 0 Å². The molecule has 2 aliphatic rings. The largest absolute Gasteiger partial charge is 0.378 e. The first-order chi connectivity index (χ1) is 13.0. The molecule has 1 amide bonds. The van der Waals surface area contributed by atoms with Crippen molar-refractivity contribution in [2.75, 3.05) is 39.9 Å². The first-order valence-electron chi connectivity index (χ1n) is 10.7. The van der Waals surface area contributed by atoms with Gasteiger partial charge < -0.3 is 14.5 Å². The van der Waals surface area contributed by atoms with Gasteiger partial charge in [-0.1, -0.05) is 27.2 Å². The highest BCUT2D eigenvalue weighted by atomic mass is 16.5. The number of carbonyl (C=O) groups excluding carboxylic acids is 1. The van der Waals surface area contributed by atoms with Gasteiger partial charge in [-0.2, -0.15) is 5.10 Å². The van der Waals surface area contributed by atoms with Crippen LogP contribution in [0.25, 0.3) is 0 Å². The Labute approximate surface area is 163 Å². The maximum absolute atomic E-state index is 13.2. The van der Waals surface area contributed by atoms with Gasteiger partial charge in [0.1, 0.15) is 0 Å². The number of amides is 1. The molecule has 0 spiro atoms. The zero-order chi connectivity index (χ0) is 19.4. The van der Waals surface area contributed by atoms with Crippen molar-refractivity contribution in [3.63, 3.8) is 0 Å². The van der Waals surface area contributed by atoms with E-state index in [-0.39, 0.29) is 5.91 Å². The molecule has 1 fully saturated rings. The molecule has 0 aromatic carbocycles. The van der Waals surface area contributed by atoms with Gasteiger partial charge >= 0.3 is 0 Å². The lowest BCUT2D eigenvalue weighted by Crippen LogP contribution is -2.42. The van der Waals surface area contributed by atoms with E-state index in [2.05, 4.69) is 37.4 Å². The molecule has 152 valence electrons. The molecule has 0 saturated carbocycles. The molecule has 0 bridgehead atoms. The number of morpholine rings is 1. The second kappa shape index (κ2) is 9.20. The second-order valence-corrected chi connectivity index (χ2v) is 8.49. The summed E-state index contributed by atoms with van der Waals surface area (Å²) in [5, 5.41) is 4.83. The molecule has 1 aliphatic carbocycles. The summed E-state index contributed by atoms with van der Waals surface area (Å²) in [7, 11) is 2.23. The van der Waals surface area contributed by atoms with Crippen molar-refractivity contribution < 1.29 is 9.53 Å². The quantitative estimate of drug-likeness (QED) is 0.734. The van der Waals surface area contributed by atoms with Gasteiger partial charge in [-0.3, -0.25) is 9.48 Å². The molecule has 27 heavy (non-hydrogen) atoms. The third kappa shape index (κ3) is 4.72. The van der Waals surface area contributed by atoms with E-state index >= 15 is 0 Å². The SMILES string of the molecule is CCCCN(C)[C@H]1CCc2c(c(C(=O)N3CCOCC3)nn2CC(C)C)C1. The lowest BCUT2D eigenvalue weighted by Gasteiger charge is -2.32. The summed E-state index contributed by atoms with van der Waals surface area (Å²) < 4.78 is 7.54. The molecule has 6 nitrogen and oxygen atoms in total. The minimum Gasteiger partial charge on any atom is -0.378 e. The molecule has 0 radical (unpaired) electrons. The summed E-state index contributed by atoms with van der Waals surface area (Å²) in [6, 6.07) is 0.511. The van der Waals surface area contributed by atoms with Crippen LogP contribution in [-0.4, -0.2) is 71.4 Å². The molecule has 1 atom stereocenters. The van der Waals surface area contributed by atoms with E-state index in [4.69, 9.17) is 9.84 Å². The van der Waals surface area contributed by atoms with Crippen LogP contribution in [0.3, 0.4) is 0 Å². The maximum atomic E-state index is 13.2. The van der Waals surface area contributed by atoms with Crippen molar-refractivity contribution in [1.82, 2.24) is 19.6 Å². The maximum Gasteiger partial charge on any atom is 0.274 e. The van der Waals surface area contributed by atoms with Gasteiger partial charge in [0.15, 0.2) is 5.69 Å². The molecule has 6 heteroatoms. The highest BCUT2D eigenvalue weighted by molar-refractivity contribution is 5.94. The summed E-state index contributed by atoms with van der Waals surface area (Å²) >= 11 is 0. The third-order valence-electron chi connectivity index (χ3n) is 5.85. The van der Waals surface area contributed by atoms with Crippen molar-refractivity contribution in [1.29, 1.82) is 0 Å². The first kappa shape index (κ1) is 20.3. The lowest BCUT2D eigenvalue weighted by molar-refractivity contribution is 0.0297. The summed E-state index contributed by atoms with van der Waals surface area (Å²) in [5.41, 5.74) is 3.19. The Hall–Kier alpha value is -1.40. The van der Waals surface area contributed by atoms with Crippen molar-refractivity contribution >= 4 is 5.91 Å². The van der Waals surface area contributed by atoms with E-state index in [1.807, 2.05) is 4.90 Å². The predicted molar refractivity (Wildman–Crippen MR) is 107 cm³/mol. The number of nitrogens with zero attached hydrogens (tertiary/aromatic N) is 4. The number of likely N-dealkylation sites (N-methyl/N-ethyl adjacent to an activating group) is 1. The number of hydrogen-bond donors (Lipinski definition) is 0. The van der Waals surface area contributed by atoms with Gasteiger partial charge in [-0.25, -0.2) is 0 Å². The minimum atomic E-state index is 0.0916. The first-order valence-corrected chi connectivity index (χ1v) is 10.7. The summed E-state index contributed by atoms with van der Waals surface area (Å²) in [4.78, 5) is 17.6. The van der Waals surface area contributed by atoms with E-state index < -0.39 is 0 Å². The van der Waals surface area contributed by atoms with Gasteiger partial charge in [0.2, 0.25) is 0 Å². The number of hydrogen-bond acceptors (Lipinski definition) is 4. The van der Waals surface area contributed by atoms with Gasteiger partial charge in [0, 0.05) is 36.9 Å². The molecular weight excluding hydrogens is 340 g/mol. The summed E-state index contributed by atoms with van der Waals surface area (Å²) in [6.45, 7) is 11.3. The lowest BCUT2D eigenvalue weighted by atomic mass is 9.90. The minimum absolute atomic E-state index is 0.0916. The zero-order valence-corrected chi connectivity index (χ0v) is 17.5. The Morgan fingerprint density at radius 2 is 2.07 bits per heavy atom. The van der Waals surface area contributed by atoms with Crippen LogP contribution < -0.4 is 0 Å². The molecule has 1 aliphatic heterocycles. The van der Waals surface area contributed by atoms with Crippen LogP contribution >= 0.6 is 0 Å². The fourth-order valence-electron chi connectivity index (χ4n) is 4.22. The van der Waals surface area contributed by atoms with E-state index in [0.717, 1.165) is 32.4 Å². The van der Waals surface area contributed by atoms with Gasteiger partial charge in [-0.05, 0) is 45.2 Å². The van der Waals surface area contributed by atoms with E-state index in [1.54, 1.807) is 0 Å². The fraction of sp³-hybridized carbons (Fsp3) is 0.810. The van der Waals surface area contributed by atoms with Gasteiger partial charge in [0.05, 0.1) is 13.2 Å². The highest BCUT2D eigenvalue weighted by Crippen LogP contribution is 2.29. The molecular formula is C21H36N4O2. The Balaban J connectivity index is 1.85. The van der Waals surface area contributed by atoms with Crippen LogP contribution in [0, 0.1) is 5.92 Å². The van der Waals surface area contributed by atoms with Gasteiger partial charge in [-0.15, -0.1) is 0 Å². The average molecular weight is 377 g/mol. The predicted octanol–water partition coefficient (Wildman–Crippen LogP) is 2.60. The van der Waals surface area contributed by atoms with Crippen LogP contribution in [-0.2, 0) is 24.1 Å². The second-order valence-electron chi connectivity index (χ2n) is 8.49. The monoisotopic (exact) mass is 376 g/mol. The number of carbonyl (C=O) groups is 1. The molecule has 1 aromatic rings. The number of rotatable bonds is 7. The van der Waals surface area contributed by atoms with E-state index in [9.17, 15) is 4.79 Å². The fourth-order valence-corrected chi connectivity index (χ4v) is 4.22. The van der Waals surface area contributed by atoms with Crippen LogP contribution in [0.5, 0.6) is 0 Å².